The van der Waals surface area contributed by atoms with E-state index < -0.39 is 0 Å². The highest BCUT2D eigenvalue weighted by atomic mass is 16.6. The second-order valence-electron chi connectivity index (χ2n) is 4.79. The highest BCUT2D eigenvalue weighted by molar-refractivity contribution is 5.63. The standard InChI is InChI=1S/C16H19N3O2/c1-17-14-10-15(12-16(11-14)19(20)21)18-9-5-8-13-6-3-2-4-7-13/h2-4,6-7,10-12,17-18H,5,8-9H2,1H3. The summed E-state index contributed by atoms with van der Waals surface area (Å²) in [7, 11) is 1.75. The van der Waals surface area contributed by atoms with Crippen molar-refractivity contribution in [1.82, 2.24) is 0 Å². The van der Waals surface area contributed by atoms with Gasteiger partial charge in [0, 0.05) is 37.1 Å². The van der Waals surface area contributed by atoms with E-state index in [-0.39, 0.29) is 10.6 Å². The van der Waals surface area contributed by atoms with Gasteiger partial charge in [0.1, 0.15) is 0 Å². The van der Waals surface area contributed by atoms with E-state index in [4.69, 9.17) is 0 Å². The molecular formula is C16H19N3O2. The van der Waals surface area contributed by atoms with Gasteiger partial charge in [-0.1, -0.05) is 30.3 Å². The third kappa shape index (κ3) is 4.49. The number of aryl methyl sites for hydroxylation is 1. The molecule has 5 heteroatoms. The number of nitro benzene ring substituents is 1. The van der Waals surface area contributed by atoms with E-state index in [0.717, 1.165) is 30.8 Å². The lowest BCUT2D eigenvalue weighted by atomic mass is 10.1. The molecular weight excluding hydrogens is 266 g/mol. The van der Waals surface area contributed by atoms with Crippen LogP contribution in [0.5, 0.6) is 0 Å². The topological polar surface area (TPSA) is 67.2 Å². The summed E-state index contributed by atoms with van der Waals surface area (Å²) >= 11 is 0. The van der Waals surface area contributed by atoms with Crippen molar-refractivity contribution >= 4 is 17.1 Å². The molecule has 0 saturated heterocycles. The predicted molar refractivity (Wildman–Crippen MR) is 85.9 cm³/mol. The van der Waals surface area contributed by atoms with Crippen LogP contribution < -0.4 is 10.6 Å². The molecule has 0 bridgehead atoms. The lowest BCUT2D eigenvalue weighted by Gasteiger charge is -2.09. The molecule has 0 atom stereocenters. The number of anilines is 2. The van der Waals surface area contributed by atoms with Crippen LogP contribution in [-0.2, 0) is 6.42 Å². The van der Waals surface area contributed by atoms with Gasteiger partial charge in [-0.25, -0.2) is 0 Å². The fraction of sp³-hybridized carbons (Fsp3) is 0.250. The van der Waals surface area contributed by atoms with Crippen molar-refractivity contribution in [2.75, 3.05) is 24.2 Å². The number of hydrogen-bond donors (Lipinski definition) is 2. The quantitative estimate of drug-likeness (QED) is 0.462. The zero-order chi connectivity index (χ0) is 15.1. The number of non-ortho nitro benzene ring substituents is 1. The Morgan fingerprint density at radius 2 is 1.81 bits per heavy atom. The van der Waals surface area contributed by atoms with E-state index in [9.17, 15) is 10.1 Å². The van der Waals surface area contributed by atoms with Gasteiger partial charge in [0.05, 0.1) is 4.92 Å². The van der Waals surface area contributed by atoms with E-state index >= 15 is 0 Å². The van der Waals surface area contributed by atoms with Crippen LogP contribution in [0.2, 0.25) is 0 Å². The summed E-state index contributed by atoms with van der Waals surface area (Å²) in [6.45, 7) is 0.777. The second kappa shape index (κ2) is 7.28. The summed E-state index contributed by atoms with van der Waals surface area (Å²) < 4.78 is 0. The van der Waals surface area contributed by atoms with Crippen LogP contribution in [-0.4, -0.2) is 18.5 Å². The first kappa shape index (κ1) is 14.8. The fourth-order valence-electron chi connectivity index (χ4n) is 2.13. The van der Waals surface area contributed by atoms with Crippen molar-refractivity contribution in [3.05, 3.63) is 64.2 Å². The van der Waals surface area contributed by atoms with Crippen LogP contribution in [0.15, 0.2) is 48.5 Å². The highest BCUT2D eigenvalue weighted by Crippen LogP contribution is 2.24. The van der Waals surface area contributed by atoms with Crippen molar-refractivity contribution in [3.8, 4) is 0 Å². The molecule has 0 aliphatic heterocycles. The third-order valence-electron chi connectivity index (χ3n) is 3.23. The maximum absolute atomic E-state index is 10.9. The number of benzene rings is 2. The highest BCUT2D eigenvalue weighted by Gasteiger charge is 2.08. The van der Waals surface area contributed by atoms with Gasteiger partial charge in [-0.3, -0.25) is 10.1 Å². The number of nitro groups is 1. The van der Waals surface area contributed by atoms with Crippen molar-refractivity contribution in [2.45, 2.75) is 12.8 Å². The Hall–Kier alpha value is -2.56. The van der Waals surface area contributed by atoms with E-state index in [1.54, 1.807) is 13.1 Å². The van der Waals surface area contributed by atoms with Gasteiger partial charge in [0.2, 0.25) is 0 Å². The molecule has 0 heterocycles. The zero-order valence-electron chi connectivity index (χ0n) is 12.0. The van der Waals surface area contributed by atoms with Crippen LogP contribution in [0, 0.1) is 10.1 Å². The molecule has 2 N–H and O–H groups in total. The first-order valence-corrected chi connectivity index (χ1v) is 6.94. The van der Waals surface area contributed by atoms with Crippen molar-refractivity contribution in [1.29, 1.82) is 0 Å². The summed E-state index contributed by atoms with van der Waals surface area (Å²) in [5.41, 5.74) is 2.89. The number of nitrogens with one attached hydrogen (secondary N) is 2. The minimum absolute atomic E-state index is 0.0902. The molecule has 0 aliphatic rings. The Morgan fingerprint density at radius 1 is 1.10 bits per heavy atom. The van der Waals surface area contributed by atoms with Gasteiger partial charge >= 0.3 is 0 Å². The first-order valence-electron chi connectivity index (χ1n) is 6.94. The van der Waals surface area contributed by atoms with Gasteiger partial charge in [-0.15, -0.1) is 0 Å². The number of nitrogens with zero attached hydrogens (tertiary/aromatic N) is 1. The van der Waals surface area contributed by atoms with Crippen LogP contribution in [0.3, 0.4) is 0 Å². The SMILES string of the molecule is CNc1cc(NCCCc2ccccc2)cc([N+](=O)[O-])c1. The van der Waals surface area contributed by atoms with Crippen molar-refractivity contribution in [3.63, 3.8) is 0 Å². The van der Waals surface area contributed by atoms with Crippen LogP contribution in [0.25, 0.3) is 0 Å². The third-order valence-corrected chi connectivity index (χ3v) is 3.23. The predicted octanol–water partition coefficient (Wildman–Crippen LogP) is 3.68. The van der Waals surface area contributed by atoms with Gasteiger partial charge in [-0.05, 0) is 24.5 Å². The molecule has 0 fully saturated rings. The molecule has 2 rings (SSSR count). The van der Waals surface area contributed by atoms with Gasteiger partial charge in [-0.2, -0.15) is 0 Å². The Kier molecular flexibility index (Phi) is 5.15. The van der Waals surface area contributed by atoms with E-state index in [1.807, 2.05) is 24.3 Å². The first-order chi connectivity index (χ1) is 10.2. The largest absolute Gasteiger partial charge is 0.388 e. The molecule has 0 saturated carbocycles. The van der Waals surface area contributed by atoms with E-state index in [2.05, 4.69) is 22.8 Å². The minimum atomic E-state index is -0.379. The fourth-order valence-corrected chi connectivity index (χ4v) is 2.13. The summed E-state index contributed by atoms with van der Waals surface area (Å²) in [5, 5.41) is 17.1. The number of hydrogen-bond acceptors (Lipinski definition) is 4. The maximum Gasteiger partial charge on any atom is 0.273 e. The molecule has 0 spiro atoms. The monoisotopic (exact) mass is 285 g/mol. The van der Waals surface area contributed by atoms with Gasteiger partial charge < -0.3 is 10.6 Å². The molecule has 0 aliphatic carbocycles. The molecule has 21 heavy (non-hydrogen) atoms. The second-order valence-corrected chi connectivity index (χ2v) is 4.79. The molecule has 5 nitrogen and oxygen atoms in total. The summed E-state index contributed by atoms with van der Waals surface area (Å²) in [4.78, 5) is 10.5. The Bertz CT molecular complexity index is 600. The smallest absolute Gasteiger partial charge is 0.273 e. The summed E-state index contributed by atoms with van der Waals surface area (Å²) in [5.74, 6) is 0. The molecule has 2 aromatic carbocycles. The van der Waals surface area contributed by atoms with E-state index in [1.165, 1.54) is 11.6 Å². The normalized spacial score (nSPS) is 10.1. The average molecular weight is 285 g/mol. The van der Waals surface area contributed by atoms with Crippen LogP contribution >= 0.6 is 0 Å². The molecule has 2 aromatic rings. The number of rotatable bonds is 7. The Labute approximate surface area is 124 Å². The lowest BCUT2D eigenvalue weighted by Crippen LogP contribution is -2.04. The van der Waals surface area contributed by atoms with E-state index in [0.29, 0.717) is 0 Å². The minimum Gasteiger partial charge on any atom is -0.388 e. The average Bonchev–Trinajstić information content (AvgIpc) is 2.52. The molecule has 0 radical (unpaired) electrons. The summed E-state index contributed by atoms with van der Waals surface area (Å²) in [6, 6.07) is 15.2. The zero-order valence-corrected chi connectivity index (χ0v) is 12.0. The molecule has 0 aromatic heterocycles. The summed E-state index contributed by atoms with van der Waals surface area (Å²) in [6.07, 6.45) is 1.96. The maximum atomic E-state index is 10.9. The van der Waals surface area contributed by atoms with Crippen molar-refractivity contribution in [2.24, 2.45) is 0 Å². The van der Waals surface area contributed by atoms with Gasteiger partial charge in [0.15, 0.2) is 0 Å². The molecule has 0 amide bonds. The van der Waals surface area contributed by atoms with Crippen molar-refractivity contribution < 1.29 is 4.92 Å². The Balaban J connectivity index is 1.90. The Morgan fingerprint density at radius 3 is 2.48 bits per heavy atom. The molecule has 0 unspecified atom stereocenters. The van der Waals surface area contributed by atoms with Crippen LogP contribution in [0.1, 0.15) is 12.0 Å². The lowest BCUT2D eigenvalue weighted by molar-refractivity contribution is -0.384. The molecule has 110 valence electrons. The van der Waals surface area contributed by atoms with Crippen LogP contribution in [0.4, 0.5) is 17.1 Å². The van der Waals surface area contributed by atoms with Gasteiger partial charge in [0.25, 0.3) is 5.69 Å².